The first-order valence-electron chi connectivity index (χ1n) is 9.34. The Bertz CT molecular complexity index is 962. The van der Waals surface area contributed by atoms with Crippen LogP contribution in [-0.2, 0) is 6.67 Å². The minimum Gasteiger partial charge on any atom is -0.392 e. The number of rotatable bonds is 4. The summed E-state index contributed by atoms with van der Waals surface area (Å²) in [5.41, 5.74) is 3.25. The van der Waals surface area contributed by atoms with Gasteiger partial charge in [0, 0.05) is 24.3 Å². The lowest BCUT2D eigenvalue weighted by Crippen LogP contribution is -2.39. The fraction of sp³-hybridized carbons (Fsp3) is 0.333. The SMILES string of the molecule is Cc1ccc(-n2c(-c3ccccc3)nn(CN3CCC[C@@H](O)C3)c2=S)cc1. The Kier molecular flexibility index (Phi) is 5.20. The van der Waals surface area contributed by atoms with Crippen molar-refractivity contribution in [2.75, 3.05) is 13.1 Å². The largest absolute Gasteiger partial charge is 0.392 e. The van der Waals surface area contributed by atoms with Crippen molar-refractivity contribution in [1.29, 1.82) is 0 Å². The van der Waals surface area contributed by atoms with E-state index >= 15 is 0 Å². The molecule has 1 aliphatic rings. The number of benzene rings is 2. The Balaban J connectivity index is 1.77. The zero-order valence-electron chi connectivity index (χ0n) is 15.5. The number of β-amino-alcohol motifs (C(OH)–C–C–N with tert-alkyl or cyclic N) is 1. The molecule has 1 aromatic heterocycles. The number of hydrogen-bond acceptors (Lipinski definition) is 4. The van der Waals surface area contributed by atoms with E-state index in [9.17, 15) is 5.11 Å². The summed E-state index contributed by atoms with van der Waals surface area (Å²) in [4.78, 5) is 2.21. The van der Waals surface area contributed by atoms with Crippen LogP contribution in [0.1, 0.15) is 18.4 Å². The molecular formula is C21H24N4OS. The van der Waals surface area contributed by atoms with Crippen molar-refractivity contribution in [1.82, 2.24) is 19.2 Å². The minimum atomic E-state index is -0.263. The van der Waals surface area contributed by atoms with E-state index in [0.29, 0.717) is 18.0 Å². The number of aliphatic hydroxyl groups is 1. The smallest absolute Gasteiger partial charge is 0.204 e. The molecular weight excluding hydrogens is 356 g/mol. The minimum absolute atomic E-state index is 0.263. The molecule has 1 fully saturated rings. The van der Waals surface area contributed by atoms with Crippen LogP contribution in [0.15, 0.2) is 54.6 Å². The van der Waals surface area contributed by atoms with E-state index in [4.69, 9.17) is 17.3 Å². The zero-order valence-corrected chi connectivity index (χ0v) is 16.3. The average molecular weight is 381 g/mol. The van der Waals surface area contributed by atoms with Gasteiger partial charge in [-0.25, -0.2) is 4.68 Å². The third-order valence-corrected chi connectivity index (χ3v) is 5.37. The van der Waals surface area contributed by atoms with Gasteiger partial charge in [0.25, 0.3) is 0 Å². The van der Waals surface area contributed by atoms with Crippen molar-refractivity contribution in [2.24, 2.45) is 0 Å². The summed E-state index contributed by atoms with van der Waals surface area (Å²) in [6.07, 6.45) is 1.61. The van der Waals surface area contributed by atoms with E-state index in [1.165, 1.54) is 5.56 Å². The maximum absolute atomic E-state index is 9.97. The third-order valence-electron chi connectivity index (χ3n) is 4.98. The highest BCUT2D eigenvalue weighted by molar-refractivity contribution is 7.71. The Hall–Kier alpha value is -2.28. The number of likely N-dealkylation sites (tertiary alicyclic amines) is 1. The second kappa shape index (κ2) is 7.76. The van der Waals surface area contributed by atoms with Crippen molar-refractivity contribution in [3.05, 3.63) is 64.9 Å². The highest BCUT2D eigenvalue weighted by Crippen LogP contribution is 2.23. The summed E-state index contributed by atoms with van der Waals surface area (Å²) in [7, 11) is 0. The molecule has 0 saturated carbocycles. The van der Waals surface area contributed by atoms with Gasteiger partial charge in [-0.05, 0) is 44.1 Å². The molecule has 0 bridgehead atoms. The van der Waals surface area contributed by atoms with Gasteiger partial charge in [0.1, 0.15) is 0 Å². The van der Waals surface area contributed by atoms with E-state index in [0.717, 1.165) is 36.5 Å². The van der Waals surface area contributed by atoms with Gasteiger partial charge in [-0.3, -0.25) is 9.47 Å². The highest BCUT2D eigenvalue weighted by Gasteiger charge is 2.20. The van der Waals surface area contributed by atoms with Crippen LogP contribution in [0.3, 0.4) is 0 Å². The summed E-state index contributed by atoms with van der Waals surface area (Å²) in [5, 5.41) is 14.8. The molecule has 2 heterocycles. The lowest BCUT2D eigenvalue weighted by molar-refractivity contribution is 0.0513. The summed E-state index contributed by atoms with van der Waals surface area (Å²) in [6.45, 7) is 4.29. The average Bonchev–Trinajstić information content (AvgIpc) is 3.00. The van der Waals surface area contributed by atoms with Gasteiger partial charge < -0.3 is 5.11 Å². The molecule has 2 aromatic carbocycles. The molecule has 0 radical (unpaired) electrons. The van der Waals surface area contributed by atoms with Gasteiger partial charge in [-0.1, -0.05) is 48.0 Å². The number of nitrogens with zero attached hydrogens (tertiary/aromatic N) is 4. The monoisotopic (exact) mass is 380 g/mol. The fourth-order valence-electron chi connectivity index (χ4n) is 3.55. The predicted molar refractivity (Wildman–Crippen MR) is 109 cm³/mol. The van der Waals surface area contributed by atoms with Crippen LogP contribution in [-0.4, -0.2) is 43.5 Å². The van der Waals surface area contributed by atoms with Crippen LogP contribution in [0.2, 0.25) is 0 Å². The Labute approximate surface area is 164 Å². The molecule has 0 unspecified atom stereocenters. The van der Waals surface area contributed by atoms with Gasteiger partial charge in [0.2, 0.25) is 4.77 Å². The number of aliphatic hydroxyl groups excluding tert-OH is 1. The first kappa shape index (κ1) is 18.1. The lowest BCUT2D eigenvalue weighted by atomic mass is 10.1. The van der Waals surface area contributed by atoms with Gasteiger partial charge in [0.05, 0.1) is 12.8 Å². The van der Waals surface area contributed by atoms with E-state index in [1.807, 2.05) is 27.4 Å². The first-order valence-corrected chi connectivity index (χ1v) is 9.75. The van der Waals surface area contributed by atoms with E-state index in [2.05, 4.69) is 48.2 Å². The zero-order chi connectivity index (χ0) is 18.8. The second-order valence-electron chi connectivity index (χ2n) is 7.16. The molecule has 1 saturated heterocycles. The van der Waals surface area contributed by atoms with Crippen LogP contribution < -0.4 is 0 Å². The maximum atomic E-state index is 9.97. The highest BCUT2D eigenvalue weighted by atomic mass is 32.1. The van der Waals surface area contributed by atoms with E-state index in [1.54, 1.807) is 0 Å². The lowest BCUT2D eigenvalue weighted by Gasteiger charge is -2.29. The summed E-state index contributed by atoms with van der Waals surface area (Å²) < 4.78 is 4.57. The molecule has 6 heteroatoms. The molecule has 27 heavy (non-hydrogen) atoms. The quantitative estimate of drug-likeness (QED) is 0.700. The van der Waals surface area contributed by atoms with Crippen molar-refractivity contribution >= 4 is 12.2 Å². The van der Waals surface area contributed by atoms with Crippen LogP contribution in [0, 0.1) is 11.7 Å². The maximum Gasteiger partial charge on any atom is 0.204 e. The van der Waals surface area contributed by atoms with Crippen molar-refractivity contribution in [3.8, 4) is 17.1 Å². The molecule has 3 aromatic rings. The van der Waals surface area contributed by atoms with Crippen LogP contribution in [0.5, 0.6) is 0 Å². The number of aryl methyl sites for hydroxylation is 1. The predicted octanol–water partition coefficient (Wildman–Crippen LogP) is 3.79. The summed E-state index contributed by atoms with van der Waals surface area (Å²) in [5.74, 6) is 0.835. The summed E-state index contributed by atoms with van der Waals surface area (Å²) in [6, 6.07) is 18.5. The van der Waals surface area contributed by atoms with Gasteiger partial charge in [-0.15, -0.1) is 5.10 Å². The van der Waals surface area contributed by atoms with Crippen molar-refractivity contribution in [2.45, 2.75) is 32.5 Å². The van der Waals surface area contributed by atoms with Gasteiger partial charge in [0.15, 0.2) is 5.82 Å². The normalized spacial score (nSPS) is 17.9. The molecule has 5 nitrogen and oxygen atoms in total. The number of piperidine rings is 1. The summed E-state index contributed by atoms with van der Waals surface area (Å²) >= 11 is 5.80. The Morgan fingerprint density at radius 3 is 2.56 bits per heavy atom. The fourth-order valence-corrected chi connectivity index (χ4v) is 3.84. The third kappa shape index (κ3) is 3.88. The van der Waals surface area contributed by atoms with Gasteiger partial charge >= 0.3 is 0 Å². The molecule has 1 atom stereocenters. The van der Waals surface area contributed by atoms with Gasteiger partial charge in [-0.2, -0.15) is 0 Å². The van der Waals surface area contributed by atoms with Crippen LogP contribution in [0.4, 0.5) is 0 Å². The molecule has 1 aliphatic heterocycles. The first-order chi connectivity index (χ1) is 13.1. The van der Waals surface area contributed by atoms with Crippen molar-refractivity contribution < 1.29 is 5.11 Å². The second-order valence-corrected chi connectivity index (χ2v) is 7.52. The Morgan fingerprint density at radius 2 is 1.85 bits per heavy atom. The number of aromatic nitrogens is 3. The molecule has 0 amide bonds. The molecule has 0 aliphatic carbocycles. The standard InChI is InChI=1S/C21H24N4OS/c1-16-9-11-18(12-10-16)25-20(17-6-3-2-4-7-17)22-24(21(25)27)15-23-13-5-8-19(26)14-23/h2-4,6-7,9-12,19,26H,5,8,13-15H2,1H3/t19-/m1/s1. The molecule has 1 N–H and O–H groups in total. The topological polar surface area (TPSA) is 46.2 Å². The molecule has 140 valence electrons. The van der Waals surface area contributed by atoms with Crippen LogP contribution >= 0.6 is 12.2 Å². The van der Waals surface area contributed by atoms with E-state index in [-0.39, 0.29) is 6.10 Å². The molecule has 0 spiro atoms. The van der Waals surface area contributed by atoms with E-state index < -0.39 is 0 Å². The Morgan fingerprint density at radius 1 is 1.11 bits per heavy atom. The molecule has 4 rings (SSSR count). The van der Waals surface area contributed by atoms with Crippen molar-refractivity contribution in [3.63, 3.8) is 0 Å². The number of hydrogen-bond donors (Lipinski definition) is 1. The van der Waals surface area contributed by atoms with Crippen LogP contribution in [0.25, 0.3) is 17.1 Å².